The molecule has 0 aromatic heterocycles. The number of aliphatic hydroxyl groups is 1. The standard InChI is InChI=1S/C10H16N2O.C5H5.Fe/c1-12(2)8-7-11-10(13)9-5-3-4-6-9;1-2-4-5-3-1;/h3-6,11,13H,7-8H2,1-2H3;1-5H;/q;-1;. The first-order valence-electron chi connectivity index (χ1n) is 6.03. The van der Waals surface area contributed by atoms with Crippen LogP contribution in [0.25, 0.3) is 0 Å². The first-order chi connectivity index (χ1) is 8.70. The number of aliphatic hydroxyl groups excluding tert-OH is 1. The number of allylic oxidation sites excluding steroid dienone is 5. The SMILES string of the molecule is CN(C)CCNC(O)=C1C=CC=C1.[Fe].c1cc[cH-]c1. The molecule has 0 saturated carbocycles. The van der Waals surface area contributed by atoms with E-state index >= 15 is 0 Å². The molecule has 0 unspecified atom stereocenters. The van der Waals surface area contributed by atoms with Gasteiger partial charge in [-0.1, -0.05) is 12.2 Å². The van der Waals surface area contributed by atoms with Gasteiger partial charge in [0.2, 0.25) is 0 Å². The molecule has 0 saturated heterocycles. The molecule has 2 rings (SSSR count). The molecule has 1 aromatic carbocycles. The quantitative estimate of drug-likeness (QED) is 0.509. The maximum Gasteiger partial charge on any atom is 0.191 e. The van der Waals surface area contributed by atoms with Crippen LogP contribution in [0.4, 0.5) is 0 Å². The zero-order chi connectivity index (χ0) is 13.2. The van der Waals surface area contributed by atoms with E-state index in [0.29, 0.717) is 0 Å². The molecule has 0 atom stereocenters. The Morgan fingerprint density at radius 2 is 1.79 bits per heavy atom. The molecule has 0 aliphatic heterocycles. The van der Waals surface area contributed by atoms with Crippen molar-refractivity contribution in [1.29, 1.82) is 0 Å². The Balaban J connectivity index is 0.000000454. The van der Waals surface area contributed by atoms with E-state index in [9.17, 15) is 5.11 Å². The minimum atomic E-state index is 0. The van der Waals surface area contributed by atoms with Crippen molar-refractivity contribution in [3.63, 3.8) is 0 Å². The number of nitrogens with zero attached hydrogens (tertiary/aromatic N) is 1. The number of likely N-dealkylation sites (N-methyl/N-ethyl adjacent to an activating group) is 1. The number of hydrogen-bond acceptors (Lipinski definition) is 3. The number of rotatable bonds is 4. The fourth-order valence-electron chi connectivity index (χ4n) is 1.35. The second-order valence-electron chi connectivity index (χ2n) is 4.21. The van der Waals surface area contributed by atoms with E-state index < -0.39 is 0 Å². The molecule has 0 bridgehead atoms. The maximum absolute atomic E-state index is 9.51. The van der Waals surface area contributed by atoms with Gasteiger partial charge in [0.1, 0.15) is 0 Å². The van der Waals surface area contributed by atoms with Crippen LogP contribution in [0.5, 0.6) is 0 Å². The van der Waals surface area contributed by atoms with Gasteiger partial charge in [0.15, 0.2) is 5.88 Å². The van der Waals surface area contributed by atoms with E-state index in [2.05, 4.69) is 10.2 Å². The van der Waals surface area contributed by atoms with Gasteiger partial charge in [-0.25, -0.2) is 12.1 Å². The van der Waals surface area contributed by atoms with Crippen LogP contribution in [0.1, 0.15) is 0 Å². The molecule has 0 radical (unpaired) electrons. The summed E-state index contributed by atoms with van der Waals surface area (Å²) >= 11 is 0. The molecule has 1 aliphatic rings. The molecular weight excluding hydrogens is 280 g/mol. The van der Waals surface area contributed by atoms with Crippen LogP contribution in [-0.2, 0) is 17.1 Å². The van der Waals surface area contributed by atoms with E-state index in [-0.39, 0.29) is 23.0 Å². The Morgan fingerprint density at radius 1 is 1.21 bits per heavy atom. The average molecular weight is 301 g/mol. The minimum Gasteiger partial charge on any atom is -0.494 e. The van der Waals surface area contributed by atoms with Gasteiger partial charge in [-0.2, -0.15) is 18.2 Å². The third kappa shape index (κ3) is 8.38. The van der Waals surface area contributed by atoms with Crippen LogP contribution in [0, 0.1) is 0 Å². The van der Waals surface area contributed by atoms with Crippen molar-refractivity contribution in [3.05, 3.63) is 66.1 Å². The zero-order valence-electron chi connectivity index (χ0n) is 11.4. The van der Waals surface area contributed by atoms with Crippen LogP contribution in [0.2, 0.25) is 0 Å². The second kappa shape index (κ2) is 10.6. The molecule has 0 amide bonds. The maximum atomic E-state index is 9.51. The summed E-state index contributed by atoms with van der Waals surface area (Å²) in [6.45, 7) is 1.66. The van der Waals surface area contributed by atoms with Crippen molar-refractivity contribution in [2.75, 3.05) is 27.2 Å². The van der Waals surface area contributed by atoms with Crippen molar-refractivity contribution in [2.24, 2.45) is 0 Å². The van der Waals surface area contributed by atoms with Crippen molar-refractivity contribution in [2.45, 2.75) is 0 Å². The zero-order valence-corrected chi connectivity index (χ0v) is 12.5. The summed E-state index contributed by atoms with van der Waals surface area (Å²) in [4.78, 5) is 2.06. The van der Waals surface area contributed by atoms with E-state index in [4.69, 9.17) is 0 Å². The Bertz CT molecular complexity index is 375. The van der Waals surface area contributed by atoms with Crippen LogP contribution in [0.3, 0.4) is 0 Å². The van der Waals surface area contributed by atoms with Crippen LogP contribution >= 0.6 is 0 Å². The summed E-state index contributed by atoms with van der Waals surface area (Å²) in [6, 6.07) is 10.0. The van der Waals surface area contributed by atoms with Gasteiger partial charge in [0.25, 0.3) is 0 Å². The average Bonchev–Trinajstić information content (AvgIpc) is 3.05. The fourth-order valence-corrected chi connectivity index (χ4v) is 1.35. The van der Waals surface area contributed by atoms with Crippen LogP contribution < -0.4 is 5.32 Å². The molecule has 3 nitrogen and oxygen atoms in total. The van der Waals surface area contributed by atoms with E-state index in [0.717, 1.165) is 18.7 Å². The Kier molecular flexibility index (Phi) is 9.81. The summed E-state index contributed by atoms with van der Waals surface area (Å²) in [5.41, 5.74) is 0.846. The predicted octanol–water partition coefficient (Wildman–Crippen LogP) is 2.44. The Hall–Kier alpha value is -1.35. The predicted molar refractivity (Wildman–Crippen MR) is 76.5 cm³/mol. The largest absolute Gasteiger partial charge is 0.494 e. The number of hydrogen-bond donors (Lipinski definition) is 2. The minimum absolute atomic E-state index is 0. The van der Waals surface area contributed by atoms with Gasteiger partial charge in [0, 0.05) is 35.7 Å². The third-order valence-electron chi connectivity index (χ3n) is 2.34. The monoisotopic (exact) mass is 301 g/mol. The Labute approximate surface area is 126 Å². The normalized spacial score (nSPS) is 11.8. The summed E-state index contributed by atoms with van der Waals surface area (Å²) in [7, 11) is 4.00. The first kappa shape index (κ1) is 17.6. The summed E-state index contributed by atoms with van der Waals surface area (Å²) < 4.78 is 0. The van der Waals surface area contributed by atoms with Gasteiger partial charge in [-0.15, -0.1) is 0 Å². The third-order valence-corrected chi connectivity index (χ3v) is 2.34. The van der Waals surface area contributed by atoms with Gasteiger partial charge in [0.05, 0.1) is 0 Å². The molecule has 4 heteroatoms. The molecule has 2 N–H and O–H groups in total. The second-order valence-corrected chi connectivity index (χ2v) is 4.21. The summed E-state index contributed by atoms with van der Waals surface area (Å²) in [5, 5.41) is 12.5. The first-order valence-corrected chi connectivity index (χ1v) is 6.03. The molecule has 19 heavy (non-hydrogen) atoms. The van der Waals surface area contributed by atoms with Crippen LogP contribution in [0.15, 0.2) is 66.1 Å². The fraction of sp³-hybridized carbons (Fsp3) is 0.267. The number of nitrogens with one attached hydrogen (secondary N) is 1. The molecular formula is C15H21FeN2O-. The van der Waals surface area contributed by atoms with Crippen molar-refractivity contribution < 1.29 is 22.2 Å². The van der Waals surface area contributed by atoms with Gasteiger partial charge >= 0.3 is 0 Å². The van der Waals surface area contributed by atoms with E-state index in [1.54, 1.807) is 0 Å². The van der Waals surface area contributed by atoms with Crippen molar-refractivity contribution in [1.82, 2.24) is 10.2 Å². The van der Waals surface area contributed by atoms with E-state index in [1.807, 2.05) is 68.7 Å². The van der Waals surface area contributed by atoms with E-state index in [1.165, 1.54) is 0 Å². The topological polar surface area (TPSA) is 35.5 Å². The smallest absolute Gasteiger partial charge is 0.191 e. The molecule has 1 aromatic rings. The van der Waals surface area contributed by atoms with Crippen molar-refractivity contribution in [3.8, 4) is 0 Å². The van der Waals surface area contributed by atoms with Gasteiger partial charge < -0.3 is 15.3 Å². The molecule has 106 valence electrons. The molecule has 0 spiro atoms. The van der Waals surface area contributed by atoms with Crippen molar-refractivity contribution >= 4 is 0 Å². The molecule has 0 heterocycles. The van der Waals surface area contributed by atoms with Gasteiger partial charge in [-0.05, 0) is 26.2 Å². The summed E-state index contributed by atoms with van der Waals surface area (Å²) in [6.07, 6.45) is 7.55. The van der Waals surface area contributed by atoms with Crippen LogP contribution in [-0.4, -0.2) is 37.2 Å². The Morgan fingerprint density at radius 3 is 2.21 bits per heavy atom. The molecule has 1 aliphatic carbocycles. The van der Waals surface area contributed by atoms with Gasteiger partial charge in [-0.3, -0.25) is 0 Å². The summed E-state index contributed by atoms with van der Waals surface area (Å²) in [5.74, 6) is 0.256. The molecule has 0 fully saturated rings.